The molecule has 0 aliphatic heterocycles. The van der Waals surface area contributed by atoms with E-state index in [2.05, 4.69) is 4.18 Å². The second-order valence-electron chi connectivity index (χ2n) is 3.99. The Balaban J connectivity index is 2.48. The van der Waals surface area contributed by atoms with Crippen molar-refractivity contribution in [3.63, 3.8) is 0 Å². The highest BCUT2D eigenvalue weighted by atomic mass is 32.2. The van der Waals surface area contributed by atoms with Crippen LogP contribution in [0.1, 0.15) is 0 Å². The van der Waals surface area contributed by atoms with E-state index in [1.54, 1.807) is 0 Å². The van der Waals surface area contributed by atoms with Crippen LogP contribution in [0.25, 0.3) is 11.1 Å². The summed E-state index contributed by atoms with van der Waals surface area (Å²) >= 11 is 0. The molecule has 0 saturated carbocycles. The Bertz CT molecular complexity index is 754. The molecule has 0 unspecified atom stereocenters. The molecule has 8 heteroatoms. The first-order valence-corrected chi connectivity index (χ1v) is 6.97. The minimum absolute atomic E-state index is 0.0322. The fourth-order valence-electron chi connectivity index (χ4n) is 1.60. The normalized spacial score (nSPS) is 12.2. The molecule has 0 spiro atoms. The molecule has 0 atom stereocenters. The van der Waals surface area contributed by atoms with Gasteiger partial charge in [-0.1, -0.05) is 30.3 Å². The van der Waals surface area contributed by atoms with Crippen molar-refractivity contribution in [3.05, 3.63) is 54.3 Å². The smallest absolute Gasteiger partial charge is 0.375 e. The molecule has 3 nitrogen and oxygen atoms in total. The van der Waals surface area contributed by atoms with Gasteiger partial charge in [-0.15, -0.1) is 0 Å². The highest BCUT2D eigenvalue weighted by Crippen LogP contribution is 2.34. The van der Waals surface area contributed by atoms with E-state index in [0.29, 0.717) is 0 Å². The van der Waals surface area contributed by atoms with Gasteiger partial charge >= 0.3 is 15.6 Å². The summed E-state index contributed by atoms with van der Waals surface area (Å²) in [5, 5.41) is 0. The lowest BCUT2D eigenvalue weighted by Gasteiger charge is -2.13. The van der Waals surface area contributed by atoms with Gasteiger partial charge in [-0.3, -0.25) is 0 Å². The predicted octanol–water partition coefficient (Wildman–Crippen LogP) is 3.72. The van der Waals surface area contributed by atoms with Crippen LogP contribution in [0.4, 0.5) is 17.6 Å². The largest absolute Gasteiger partial charge is 0.534 e. The summed E-state index contributed by atoms with van der Waals surface area (Å²) < 4.78 is 76.4. The number of alkyl halides is 3. The molecular weight excluding hydrogens is 312 g/mol. The van der Waals surface area contributed by atoms with Crippen LogP contribution in [-0.4, -0.2) is 13.9 Å². The molecule has 0 aromatic heterocycles. The maximum absolute atomic E-state index is 13.2. The maximum Gasteiger partial charge on any atom is 0.534 e. The first kappa shape index (κ1) is 15.3. The van der Waals surface area contributed by atoms with Crippen LogP contribution < -0.4 is 4.18 Å². The topological polar surface area (TPSA) is 43.4 Å². The molecule has 112 valence electrons. The number of para-hydroxylation sites is 1. The van der Waals surface area contributed by atoms with Gasteiger partial charge in [0.05, 0.1) is 0 Å². The second-order valence-corrected chi connectivity index (χ2v) is 5.53. The van der Waals surface area contributed by atoms with Gasteiger partial charge in [0.25, 0.3) is 0 Å². The van der Waals surface area contributed by atoms with Crippen molar-refractivity contribution >= 4 is 10.1 Å². The highest BCUT2D eigenvalue weighted by Gasteiger charge is 2.48. The molecule has 0 aliphatic carbocycles. The van der Waals surface area contributed by atoms with Crippen molar-refractivity contribution in [2.75, 3.05) is 0 Å². The Morgan fingerprint density at radius 3 is 2.24 bits per heavy atom. The lowest BCUT2D eigenvalue weighted by Crippen LogP contribution is -2.28. The van der Waals surface area contributed by atoms with E-state index in [-0.39, 0.29) is 11.1 Å². The number of hydrogen-bond acceptors (Lipinski definition) is 3. The number of rotatable bonds is 3. The van der Waals surface area contributed by atoms with E-state index in [0.717, 1.165) is 18.2 Å². The number of hydrogen-bond donors (Lipinski definition) is 0. The van der Waals surface area contributed by atoms with Crippen molar-refractivity contribution in [1.82, 2.24) is 0 Å². The SMILES string of the molecule is O=S(=O)(Oc1ccccc1-c1cccc(F)c1)C(F)(F)F. The Morgan fingerprint density at radius 2 is 1.62 bits per heavy atom. The zero-order valence-electron chi connectivity index (χ0n) is 10.3. The Hall–Kier alpha value is -2.09. The minimum atomic E-state index is -5.79. The standard InChI is InChI=1S/C13H8F4O3S/c14-10-5-3-4-9(8-10)11-6-1-2-7-12(11)20-21(18,19)13(15,16)17/h1-8H. The van der Waals surface area contributed by atoms with Crippen LogP contribution in [0.5, 0.6) is 5.75 Å². The molecule has 0 aliphatic rings. The van der Waals surface area contributed by atoms with Crippen LogP contribution in [0.3, 0.4) is 0 Å². The fraction of sp³-hybridized carbons (Fsp3) is 0.0769. The molecular formula is C13H8F4O3S. The molecule has 0 bridgehead atoms. The summed E-state index contributed by atoms with van der Waals surface area (Å²) in [4.78, 5) is 0. The zero-order chi connectivity index (χ0) is 15.7. The van der Waals surface area contributed by atoms with Gasteiger partial charge in [0.1, 0.15) is 5.82 Å². The number of halogens is 4. The van der Waals surface area contributed by atoms with E-state index in [4.69, 9.17) is 0 Å². The summed E-state index contributed by atoms with van der Waals surface area (Å²) in [5.74, 6) is -1.14. The first-order chi connectivity index (χ1) is 9.71. The van der Waals surface area contributed by atoms with E-state index in [1.807, 2.05) is 0 Å². The Labute approximate surface area is 117 Å². The second kappa shape index (κ2) is 5.36. The molecule has 2 aromatic carbocycles. The lowest BCUT2D eigenvalue weighted by atomic mass is 10.0. The van der Waals surface area contributed by atoms with Gasteiger partial charge in [0.15, 0.2) is 5.75 Å². The van der Waals surface area contributed by atoms with Crippen molar-refractivity contribution < 1.29 is 30.2 Å². The maximum atomic E-state index is 13.2. The van der Waals surface area contributed by atoms with Crippen molar-refractivity contribution in [1.29, 1.82) is 0 Å². The molecule has 0 amide bonds. The molecule has 0 fully saturated rings. The minimum Gasteiger partial charge on any atom is -0.375 e. The van der Waals surface area contributed by atoms with Gasteiger partial charge in [-0.05, 0) is 23.8 Å². The van der Waals surface area contributed by atoms with E-state index in [1.165, 1.54) is 30.3 Å². The average Bonchev–Trinajstić information content (AvgIpc) is 2.37. The van der Waals surface area contributed by atoms with Crippen LogP contribution in [0, 0.1) is 5.82 Å². The monoisotopic (exact) mass is 320 g/mol. The summed E-state index contributed by atoms with van der Waals surface area (Å²) in [7, 11) is -5.79. The predicted molar refractivity (Wildman–Crippen MR) is 67.4 cm³/mol. The lowest BCUT2D eigenvalue weighted by molar-refractivity contribution is -0.0499. The van der Waals surface area contributed by atoms with Gasteiger partial charge < -0.3 is 4.18 Å². The van der Waals surface area contributed by atoms with Gasteiger partial charge in [-0.25, -0.2) is 4.39 Å². The summed E-state index contributed by atoms with van der Waals surface area (Å²) in [6, 6.07) is 10.1. The molecule has 0 N–H and O–H groups in total. The first-order valence-electron chi connectivity index (χ1n) is 5.56. The van der Waals surface area contributed by atoms with Crippen molar-refractivity contribution in [2.24, 2.45) is 0 Å². The van der Waals surface area contributed by atoms with E-state index in [9.17, 15) is 26.0 Å². The quantitative estimate of drug-likeness (QED) is 0.492. The molecule has 0 saturated heterocycles. The highest BCUT2D eigenvalue weighted by molar-refractivity contribution is 7.88. The van der Waals surface area contributed by atoms with Crippen molar-refractivity contribution in [2.45, 2.75) is 5.51 Å². The van der Waals surface area contributed by atoms with Gasteiger partial charge in [-0.2, -0.15) is 21.6 Å². The Kier molecular flexibility index (Phi) is 3.91. The van der Waals surface area contributed by atoms with Crippen LogP contribution in [0.15, 0.2) is 48.5 Å². The third-order valence-corrected chi connectivity index (χ3v) is 3.47. The van der Waals surface area contributed by atoms with E-state index >= 15 is 0 Å². The summed E-state index contributed by atoms with van der Waals surface area (Å²) in [6.45, 7) is 0. The molecule has 0 radical (unpaired) electrons. The van der Waals surface area contributed by atoms with Crippen LogP contribution in [-0.2, 0) is 10.1 Å². The third-order valence-electron chi connectivity index (χ3n) is 2.51. The molecule has 0 heterocycles. The summed E-state index contributed by atoms with van der Waals surface area (Å²) in [5.41, 5.74) is -5.31. The third kappa shape index (κ3) is 3.33. The van der Waals surface area contributed by atoms with E-state index < -0.39 is 27.2 Å². The zero-order valence-corrected chi connectivity index (χ0v) is 11.1. The average molecular weight is 320 g/mol. The fourth-order valence-corrected chi connectivity index (χ4v) is 2.08. The molecule has 21 heavy (non-hydrogen) atoms. The summed E-state index contributed by atoms with van der Waals surface area (Å²) in [6.07, 6.45) is 0. The Morgan fingerprint density at radius 1 is 0.952 bits per heavy atom. The van der Waals surface area contributed by atoms with Crippen molar-refractivity contribution in [3.8, 4) is 16.9 Å². The van der Waals surface area contributed by atoms with Crippen LogP contribution >= 0.6 is 0 Å². The van der Waals surface area contributed by atoms with Gasteiger partial charge in [0.2, 0.25) is 0 Å². The van der Waals surface area contributed by atoms with Crippen LogP contribution in [0.2, 0.25) is 0 Å². The number of benzene rings is 2. The van der Waals surface area contributed by atoms with Gasteiger partial charge in [0, 0.05) is 5.56 Å². The molecule has 2 aromatic rings. The molecule has 2 rings (SSSR count).